The molecule has 174 valence electrons. The van der Waals surface area contributed by atoms with E-state index in [0.29, 0.717) is 13.1 Å². The first kappa shape index (κ1) is 22.1. The summed E-state index contributed by atoms with van der Waals surface area (Å²) in [5, 5.41) is 10.4. The van der Waals surface area contributed by atoms with Crippen molar-refractivity contribution in [3.05, 3.63) is 75.7 Å². The fourth-order valence-electron chi connectivity index (χ4n) is 6.14. The standard InChI is InChI=1S/C27H33N3O3/c1-28(2)27(33)24-21(17-31)23-16-30-22(25(24)29(23)15-18-9-5-3-6-10-18)14-13-20(26(30)32)19-11-7-4-8-12-19/h3,5-6,9-11,13-14,21,23-25,31H,4,7-8,12,15-17H2,1-2H3/t21-,23-,24+,25+/m0/s1. The second-order valence-electron chi connectivity index (χ2n) is 9.84. The van der Waals surface area contributed by atoms with Crippen LogP contribution in [0.1, 0.15) is 48.5 Å². The minimum atomic E-state index is -0.383. The lowest BCUT2D eigenvalue weighted by atomic mass is 9.86. The molecule has 0 unspecified atom stereocenters. The number of nitrogens with zero attached hydrogens (tertiary/aromatic N) is 3. The van der Waals surface area contributed by atoms with Gasteiger partial charge in [0.1, 0.15) is 0 Å². The zero-order valence-corrected chi connectivity index (χ0v) is 19.5. The lowest BCUT2D eigenvalue weighted by molar-refractivity contribution is -0.135. The number of fused-ring (bicyclic) bond motifs is 4. The number of allylic oxidation sites excluding steroid dienone is 2. The Hall–Kier alpha value is -2.70. The van der Waals surface area contributed by atoms with Crippen molar-refractivity contribution in [1.82, 2.24) is 14.4 Å². The molecule has 1 amide bonds. The minimum absolute atomic E-state index is 0.0135. The van der Waals surface area contributed by atoms with Gasteiger partial charge in [-0.1, -0.05) is 36.4 Å². The summed E-state index contributed by atoms with van der Waals surface area (Å²) in [6, 6.07) is 13.9. The van der Waals surface area contributed by atoms with Crippen molar-refractivity contribution < 1.29 is 9.90 Å². The van der Waals surface area contributed by atoms with E-state index in [1.165, 1.54) is 12.0 Å². The molecule has 1 aromatic heterocycles. The molecule has 33 heavy (non-hydrogen) atoms. The van der Waals surface area contributed by atoms with Gasteiger partial charge >= 0.3 is 0 Å². The second-order valence-corrected chi connectivity index (χ2v) is 9.84. The van der Waals surface area contributed by atoms with Crippen LogP contribution in [-0.4, -0.2) is 52.1 Å². The van der Waals surface area contributed by atoms with Gasteiger partial charge in [-0.05, 0) is 49.0 Å². The second kappa shape index (κ2) is 8.92. The number of benzene rings is 1. The first-order chi connectivity index (χ1) is 16.0. The van der Waals surface area contributed by atoms with Gasteiger partial charge in [-0.3, -0.25) is 14.5 Å². The summed E-state index contributed by atoms with van der Waals surface area (Å²) in [7, 11) is 3.54. The van der Waals surface area contributed by atoms with Crippen LogP contribution in [0.25, 0.3) is 5.57 Å². The summed E-state index contributed by atoms with van der Waals surface area (Å²) >= 11 is 0. The SMILES string of the molecule is CN(C)C(=O)[C@@H]1[C@@H](CO)[C@@H]2Cn3c(ccc(C4=CCCCC4)c3=O)[C@H]1N2Cc1ccccc1. The fourth-order valence-corrected chi connectivity index (χ4v) is 6.14. The highest BCUT2D eigenvalue weighted by Gasteiger charge is 2.56. The predicted molar refractivity (Wildman–Crippen MR) is 128 cm³/mol. The molecule has 1 saturated heterocycles. The first-order valence-electron chi connectivity index (χ1n) is 12.1. The zero-order valence-electron chi connectivity index (χ0n) is 19.5. The largest absolute Gasteiger partial charge is 0.396 e. The Morgan fingerprint density at radius 2 is 1.91 bits per heavy atom. The van der Waals surface area contributed by atoms with Crippen molar-refractivity contribution in [1.29, 1.82) is 0 Å². The number of pyridine rings is 1. The van der Waals surface area contributed by atoms with E-state index in [-0.39, 0.29) is 42.0 Å². The van der Waals surface area contributed by atoms with E-state index in [9.17, 15) is 14.7 Å². The van der Waals surface area contributed by atoms with Crippen LogP contribution < -0.4 is 5.56 Å². The number of carbonyl (C=O) groups is 1. The highest BCUT2D eigenvalue weighted by Crippen LogP contribution is 2.49. The Kier molecular flexibility index (Phi) is 5.97. The van der Waals surface area contributed by atoms with E-state index in [0.717, 1.165) is 36.1 Å². The maximum Gasteiger partial charge on any atom is 0.258 e. The van der Waals surface area contributed by atoms with Crippen molar-refractivity contribution in [2.24, 2.45) is 11.8 Å². The van der Waals surface area contributed by atoms with E-state index >= 15 is 0 Å². The number of hydrogen-bond acceptors (Lipinski definition) is 4. The Balaban J connectivity index is 1.62. The van der Waals surface area contributed by atoms with Crippen LogP contribution in [0.3, 0.4) is 0 Å². The maximum atomic E-state index is 13.6. The van der Waals surface area contributed by atoms with Crippen molar-refractivity contribution in [2.75, 3.05) is 20.7 Å². The monoisotopic (exact) mass is 447 g/mol. The number of amides is 1. The molecule has 6 nitrogen and oxygen atoms in total. The zero-order chi connectivity index (χ0) is 23.1. The molecule has 2 aromatic rings. The van der Waals surface area contributed by atoms with Crippen LogP contribution in [0.15, 0.2) is 53.3 Å². The van der Waals surface area contributed by atoms with Gasteiger partial charge < -0.3 is 14.6 Å². The van der Waals surface area contributed by atoms with Crippen molar-refractivity contribution in [3.8, 4) is 0 Å². The van der Waals surface area contributed by atoms with Crippen LogP contribution in [0.2, 0.25) is 0 Å². The van der Waals surface area contributed by atoms with Gasteiger partial charge in [-0.25, -0.2) is 0 Å². The smallest absolute Gasteiger partial charge is 0.258 e. The fraction of sp³-hybridized carbons (Fsp3) is 0.481. The molecule has 3 heterocycles. The third kappa shape index (κ3) is 3.75. The van der Waals surface area contributed by atoms with Gasteiger partial charge in [0.15, 0.2) is 0 Å². The average molecular weight is 448 g/mol. The topological polar surface area (TPSA) is 65.8 Å². The summed E-state index contributed by atoms with van der Waals surface area (Å²) < 4.78 is 1.90. The van der Waals surface area contributed by atoms with Crippen molar-refractivity contribution >= 4 is 11.5 Å². The molecule has 6 heteroatoms. The van der Waals surface area contributed by atoms with Gasteiger partial charge in [0.2, 0.25) is 5.91 Å². The molecular weight excluding hydrogens is 414 g/mol. The lowest BCUT2D eigenvalue weighted by Crippen LogP contribution is -2.46. The summed E-state index contributed by atoms with van der Waals surface area (Å²) in [6.45, 7) is 1.11. The third-order valence-corrected chi connectivity index (χ3v) is 7.74. The molecule has 1 aromatic carbocycles. The highest BCUT2D eigenvalue weighted by atomic mass is 16.3. The van der Waals surface area contributed by atoms with Gasteiger partial charge in [-0.2, -0.15) is 0 Å². The molecule has 0 radical (unpaired) electrons. The van der Waals surface area contributed by atoms with Gasteiger partial charge in [-0.15, -0.1) is 0 Å². The van der Waals surface area contributed by atoms with Gasteiger partial charge in [0.25, 0.3) is 5.56 Å². The minimum Gasteiger partial charge on any atom is -0.396 e. The van der Waals surface area contributed by atoms with E-state index < -0.39 is 0 Å². The normalized spacial score (nSPS) is 26.6. The maximum absolute atomic E-state index is 13.6. The average Bonchev–Trinajstić information content (AvgIpc) is 3.04. The van der Waals surface area contributed by atoms with E-state index in [1.54, 1.807) is 19.0 Å². The molecular formula is C27H33N3O3. The van der Waals surface area contributed by atoms with Gasteiger partial charge in [0, 0.05) is 57.0 Å². The molecule has 0 spiro atoms. The Bertz CT molecular complexity index is 1120. The van der Waals surface area contributed by atoms with Crippen LogP contribution in [0, 0.1) is 11.8 Å². The summed E-state index contributed by atoms with van der Waals surface area (Å²) in [6.07, 6.45) is 6.48. The highest BCUT2D eigenvalue weighted by molar-refractivity contribution is 5.80. The van der Waals surface area contributed by atoms with Crippen LogP contribution >= 0.6 is 0 Å². The van der Waals surface area contributed by atoms with Crippen molar-refractivity contribution in [2.45, 2.75) is 50.9 Å². The lowest BCUT2D eigenvalue weighted by Gasteiger charge is -2.38. The molecule has 3 aliphatic rings. The number of aliphatic hydroxyl groups excluding tert-OH is 1. The number of aromatic nitrogens is 1. The van der Waals surface area contributed by atoms with E-state index in [1.807, 2.05) is 28.8 Å². The summed E-state index contributed by atoms with van der Waals surface area (Å²) in [4.78, 5) is 31.0. The molecule has 5 rings (SSSR count). The van der Waals surface area contributed by atoms with Gasteiger partial charge in [0.05, 0.1) is 12.0 Å². The quantitative estimate of drug-likeness (QED) is 0.765. The number of carbonyl (C=O) groups excluding carboxylic acids is 1. The Morgan fingerprint density at radius 3 is 2.58 bits per heavy atom. The molecule has 0 saturated carbocycles. The Morgan fingerprint density at radius 1 is 1.12 bits per heavy atom. The first-order valence-corrected chi connectivity index (χ1v) is 12.1. The van der Waals surface area contributed by atoms with Crippen LogP contribution in [0.5, 0.6) is 0 Å². The van der Waals surface area contributed by atoms with Crippen molar-refractivity contribution in [3.63, 3.8) is 0 Å². The molecule has 1 fully saturated rings. The third-order valence-electron chi connectivity index (χ3n) is 7.74. The molecule has 4 atom stereocenters. The number of hydrogen-bond donors (Lipinski definition) is 1. The summed E-state index contributed by atoms with van der Waals surface area (Å²) in [5.74, 6) is -0.587. The van der Waals surface area contributed by atoms with Crippen LogP contribution in [-0.2, 0) is 17.9 Å². The molecule has 2 aliphatic heterocycles. The molecule has 1 N–H and O–H groups in total. The predicted octanol–water partition coefficient (Wildman–Crippen LogP) is 3.06. The number of rotatable bonds is 5. The Labute approximate surface area is 195 Å². The van der Waals surface area contributed by atoms with E-state index in [4.69, 9.17) is 0 Å². The summed E-state index contributed by atoms with van der Waals surface area (Å²) in [5.41, 5.74) is 4.06. The van der Waals surface area contributed by atoms with Crippen LogP contribution in [0.4, 0.5) is 0 Å². The van der Waals surface area contributed by atoms with E-state index in [2.05, 4.69) is 29.2 Å². The number of aliphatic hydroxyl groups is 1. The molecule has 2 bridgehead atoms. The molecule has 1 aliphatic carbocycles.